The van der Waals surface area contributed by atoms with Crippen molar-refractivity contribution in [3.63, 3.8) is 0 Å². The molecular weight excluding hydrogens is 589 g/mol. The van der Waals surface area contributed by atoms with Crippen LogP contribution < -0.4 is 18.9 Å². The van der Waals surface area contributed by atoms with Gasteiger partial charge in [0.2, 0.25) is 0 Å². The second-order valence-corrected chi connectivity index (χ2v) is 10.6. The zero-order valence-electron chi connectivity index (χ0n) is 23.5. The van der Waals surface area contributed by atoms with Gasteiger partial charge in [0, 0.05) is 45.2 Å². The quantitative estimate of drug-likeness (QED) is 0.123. The zero-order valence-corrected chi connectivity index (χ0v) is 25.9. The molecule has 3 rings (SSSR count). The van der Waals surface area contributed by atoms with Crippen molar-refractivity contribution in [3.05, 3.63) is 75.5 Å². The molecule has 0 aliphatic carbocycles. The maximum atomic E-state index is 13.4. The highest BCUT2D eigenvalue weighted by atomic mass is 35.5. The van der Waals surface area contributed by atoms with Crippen molar-refractivity contribution >= 4 is 52.2 Å². The standard InChI is InChI=1S/C30H31Cl2NO7S/c1-16(13-26(41)28-29(40-18(3)34)23(36-4)11-12-33-28)30(35)39-17(2)27(21-9-7-19(31)14-24(21)37-5)22-10-8-20(32)15-25(22)38-6/h7-12,14-17,27H,13H2,1-6H3/t16-,17+/m1/s1. The minimum Gasteiger partial charge on any atom is -0.496 e. The number of thiocarbonyl (C=S) groups is 1. The van der Waals surface area contributed by atoms with E-state index in [0.717, 1.165) is 11.1 Å². The molecule has 0 fully saturated rings. The Bertz CT molecular complexity index is 1380. The number of hydrogen-bond acceptors (Lipinski definition) is 9. The van der Waals surface area contributed by atoms with Gasteiger partial charge in [0.05, 0.1) is 33.2 Å². The van der Waals surface area contributed by atoms with Crippen molar-refractivity contribution < 1.29 is 33.3 Å². The van der Waals surface area contributed by atoms with Crippen LogP contribution in [0.3, 0.4) is 0 Å². The van der Waals surface area contributed by atoms with E-state index in [1.807, 2.05) is 12.1 Å². The first-order valence-corrected chi connectivity index (χ1v) is 13.8. The Morgan fingerprint density at radius 3 is 1.90 bits per heavy atom. The summed E-state index contributed by atoms with van der Waals surface area (Å²) in [6.45, 7) is 4.76. The van der Waals surface area contributed by atoms with Gasteiger partial charge in [-0.3, -0.25) is 14.6 Å². The fourth-order valence-corrected chi connectivity index (χ4v) is 5.13. The lowest BCUT2D eigenvalue weighted by Crippen LogP contribution is -2.28. The number of halogens is 2. The van der Waals surface area contributed by atoms with Crippen LogP contribution in [0.4, 0.5) is 0 Å². The van der Waals surface area contributed by atoms with Crippen molar-refractivity contribution in [2.24, 2.45) is 5.92 Å². The molecule has 2 atom stereocenters. The van der Waals surface area contributed by atoms with Crippen molar-refractivity contribution in [2.75, 3.05) is 21.3 Å². The minimum atomic E-state index is -0.671. The number of hydrogen-bond donors (Lipinski definition) is 0. The predicted octanol–water partition coefficient (Wildman–Crippen LogP) is 6.85. The number of carbonyl (C=O) groups is 2. The number of nitrogens with zero attached hydrogens (tertiary/aromatic N) is 1. The molecule has 41 heavy (non-hydrogen) atoms. The number of pyridine rings is 1. The molecule has 0 unspecified atom stereocenters. The normalized spacial score (nSPS) is 12.3. The molecule has 0 bridgehead atoms. The van der Waals surface area contributed by atoms with Crippen LogP contribution in [0.5, 0.6) is 23.0 Å². The largest absolute Gasteiger partial charge is 0.496 e. The maximum Gasteiger partial charge on any atom is 0.309 e. The van der Waals surface area contributed by atoms with Crippen molar-refractivity contribution in [1.29, 1.82) is 0 Å². The number of esters is 2. The maximum absolute atomic E-state index is 13.4. The Balaban J connectivity index is 1.90. The van der Waals surface area contributed by atoms with Crippen LogP contribution in [0.15, 0.2) is 48.7 Å². The van der Waals surface area contributed by atoms with E-state index in [9.17, 15) is 9.59 Å². The Morgan fingerprint density at radius 2 is 1.41 bits per heavy atom. The van der Waals surface area contributed by atoms with Gasteiger partial charge in [0.25, 0.3) is 0 Å². The molecule has 1 aromatic heterocycles. The molecule has 11 heteroatoms. The lowest BCUT2D eigenvalue weighted by Gasteiger charge is -2.28. The van der Waals surface area contributed by atoms with Crippen LogP contribution in [0.2, 0.25) is 10.0 Å². The van der Waals surface area contributed by atoms with Gasteiger partial charge in [-0.15, -0.1) is 0 Å². The predicted molar refractivity (Wildman–Crippen MR) is 161 cm³/mol. The monoisotopic (exact) mass is 619 g/mol. The third kappa shape index (κ3) is 7.87. The second-order valence-electron chi connectivity index (χ2n) is 9.21. The molecule has 0 amide bonds. The third-order valence-electron chi connectivity index (χ3n) is 6.32. The Labute approximate surface area is 254 Å². The fraction of sp³-hybridized carbons (Fsp3) is 0.333. The van der Waals surface area contributed by atoms with Gasteiger partial charge in [-0.25, -0.2) is 0 Å². The van der Waals surface area contributed by atoms with Gasteiger partial charge in [0.1, 0.15) is 23.3 Å². The molecule has 0 aliphatic rings. The summed E-state index contributed by atoms with van der Waals surface area (Å²) < 4.78 is 27.9. The van der Waals surface area contributed by atoms with E-state index in [1.165, 1.54) is 20.2 Å². The molecule has 1 heterocycles. The summed E-state index contributed by atoms with van der Waals surface area (Å²) >= 11 is 18.1. The summed E-state index contributed by atoms with van der Waals surface area (Å²) in [6, 6.07) is 12.1. The SMILES string of the molecule is COc1cc(Cl)ccc1C(c1ccc(Cl)cc1OC)[C@H](C)OC(=O)[C@H](C)CC(=S)c1nccc(OC)c1OC(C)=O. The number of ether oxygens (including phenoxy) is 5. The van der Waals surface area contributed by atoms with Gasteiger partial charge in [-0.2, -0.15) is 0 Å². The average molecular weight is 621 g/mol. The summed E-state index contributed by atoms with van der Waals surface area (Å²) in [6.07, 6.45) is 0.937. The van der Waals surface area contributed by atoms with E-state index in [0.29, 0.717) is 32.2 Å². The topological polar surface area (TPSA) is 93.2 Å². The van der Waals surface area contributed by atoms with Crippen LogP contribution in [0.1, 0.15) is 49.9 Å². The first-order chi connectivity index (χ1) is 19.5. The first kappa shape index (κ1) is 32.1. The molecular formula is C30H31Cl2NO7S. The molecule has 0 aliphatic heterocycles. The second kappa shape index (κ2) is 14.5. The molecule has 0 saturated carbocycles. The fourth-order valence-electron chi connectivity index (χ4n) is 4.41. The van der Waals surface area contributed by atoms with Gasteiger partial charge >= 0.3 is 11.9 Å². The van der Waals surface area contributed by atoms with E-state index in [4.69, 9.17) is 59.1 Å². The van der Waals surface area contributed by atoms with Crippen LogP contribution in [0, 0.1) is 5.92 Å². The Kier molecular flexibility index (Phi) is 11.3. The van der Waals surface area contributed by atoms with E-state index < -0.39 is 29.9 Å². The zero-order chi connectivity index (χ0) is 30.3. The molecule has 0 spiro atoms. The van der Waals surface area contributed by atoms with Crippen LogP contribution in [-0.2, 0) is 14.3 Å². The number of rotatable bonds is 12. The van der Waals surface area contributed by atoms with Crippen LogP contribution in [-0.4, -0.2) is 49.2 Å². The van der Waals surface area contributed by atoms with Crippen molar-refractivity contribution in [2.45, 2.75) is 39.2 Å². The lowest BCUT2D eigenvalue weighted by atomic mass is 9.85. The Hall–Kier alpha value is -3.40. The first-order valence-electron chi connectivity index (χ1n) is 12.6. The van der Waals surface area contributed by atoms with Gasteiger partial charge in [-0.1, -0.05) is 54.5 Å². The van der Waals surface area contributed by atoms with Crippen molar-refractivity contribution in [1.82, 2.24) is 4.98 Å². The Morgan fingerprint density at radius 1 is 0.878 bits per heavy atom. The van der Waals surface area contributed by atoms with E-state index in [2.05, 4.69) is 4.98 Å². The molecule has 218 valence electrons. The molecule has 3 aromatic rings. The number of aromatic nitrogens is 1. The smallest absolute Gasteiger partial charge is 0.309 e. The van der Waals surface area contributed by atoms with E-state index >= 15 is 0 Å². The summed E-state index contributed by atoms with van der Waals surface area (Å²) in [4.78, 5) is 29.6. The molecule has 8 nitrogen and oxygen atoms in total. The van der Waals surface area contributed by atoms with Gasteiger partial charge < -0.3 is 23.7 Å². The highest BCUT2D eigenvalue weighted by Gasteiger charge is 2.32. The summed E-state index contributed by atoms with van der Waals surface area (Å²) in [5.74, 6) is -0.724. The van der Waals surface area contributed by atoms with E-state index in [1.54, 1.807) is 58.4 Å². The van der Waals surface area contributed by atoms with Crippen LogP contribution in [0.25, 0.3) is 0 Å². The summed E-state index contributed by atoms with van der Waals surface area (Å²) in [5.41, 5.74) is 1.73. The molecule has 0 N–H and O–H groups in total. The van der Waals surface area contributed by atoms with Crippen LogP contribution >= 0.6 is 35.4 Å². The number of carbonyl (C=O) groups excluding carboxylic acids is 2. The molecule has 0 saturated heterocycles. The average Bonchev–Trinajstić information content (AvgIpc) is 2.94. The number of methoxy groups -OCH3 is 3. The van der Waals surface area contributed by atoms with E-state index in [-0.39, 0.29) is 17.9 Å². The lowest BCUT2D eigenvalue weighted by molar-refractivity contribution is -0.153. The summed E-state index contributed by atoms with van der Waals surface area (Å²) in [7, 11) is 4.53. The highest BCUT2D eigenvalue weighted by molar-refractivity contribution is 7.80. The highest BCUT2D eigenvalue weighted by Crippen LogP contribution is 2.42. The number of benzene rings is 2. The van der Waals surface area contributed by atoms with Gasteiger partial charge in [0.15, 0.2) is 11.5 Å². The van der Waals surface area contributed by atoms with Crippen molar-refractivity contribution in [3.8, 4) is 23.0 Å². The minimum absolute atomic E-state index is 0.103. The third-order valence-corrected chi connectivity index (χ3v) is 7.16. The molecule has 0 radical (unpaired) electrons. The summed E-state index contributed by atoms with van der Waals surface area (Å²) in [5, 5.41) is 0.997. The molecule has 2 aromatic carbocycles. The van der Waals surface area contributed by atoms with Gasteiger partial charge in [-0.05, 0) is 37.6 Å².